The molecule has 1 fully saturated rings. The van der Waals surface area contributed by atoms with Crippen molar-refractivity contribution in [2.24, 2.45) is 7.05 Å². The Balaban J connectivity index is 1.90. The Hall–Kier alpha value is -2.74. The average molecular weight is 368 g/mol. The number of nitrogens with one attached hydrogen (secondary N) is 1. The van der Waals surface area contributed by atoms with Crippen molar-refractivity contribution in [3.8, 4) is 17.2 Å². The standard InChI is InChI=1S/C19H24N6O2/c1-12(2)17-14(4-5-15(26)21-17)19-22-18(13-7-10-27-11-8-13)23-25(19)16-6-9-20-24(16)3/h4-6,9,12-13H,7-8,10-11H2,1-3H3,(H,21,26). The highest BCUT2D eigenvalue weighted by Gasteiger charge is 2.25. The fraction of sp³-hybridized carbons (Fsp3) is 0.474. The number of hydrogen-bond donors (Lipinski definition) is 1. The van der Waals surface area contributed by atoms with Gasteiger partial charge in [-0.1, -0.05) is 13.8 Å². The van der Waals surface area contributed by atoms with Crippen LogP contribution in [0, 0.1) is 0 Å². The van der Waals surface area contributed by atoms with Crippen molar-refractivity contribution in [3.05, 3.63) is 46.3 Å². The van der Waals surface area contributed by atoms with Crippen LogP contribution in [0.1, 0.15) is 50.0 Å². The number of pyridine rings is 1. The summed E-state index contributed by atoms with van der Waals surface area (Å²) in [6, 6.07) is 5.28. The van der Waals surface area contributed by atoms with Gasteiger partial charge in [-0.15, -0.1) is 5.10 Å². The molecule has 4 heterocycles. The lowest BCUT2D eigenvalue weighted by Crippen LogP contribution is -2.15. The zero-order valence-corrected chi connectivity index (χ0v) is 15.8. The van der Waals surface area contributed by atoms with E-state index in [1.165, 1.54) is 6.07 Å². The van der Waals surface area contributed by atoms with E-state index in [9.17, 15) is 4.79 Å². The van der Waals surface area contributed by atoms with Crippen molar-refractivity contribution >= 4 is 0 Å². The van der Waals surface area contributed by atoms with Crippen molar-refractivity contribution in [2.45, 2.75) is 38.5 Å². The molecule has 3 aromatic heterocycles. The zero-order valence-electron chi connectivity index (χ0n) is 15.8. The summed E-state index contributed by atoms with van der Waals surface area (Å²) in [6.45, 7) is 5.57. The van der Waals surface area contributed by atoms with Gasteiger partial charge in [0, 0.05) is 49.6 Å². The van der Waals surface area contributed by atoms with Crippen LogP contribution in [-0.2, 0) is 11.8 Å². The molecule has 0 spiro atoms. The Morgan fingerprint density at radius 1 is 1.22 bits per heavy atom. The summed E-state index contributed by atoms with van der Waals surface area (Å²) >= 11 is 0. The summed E-state index contributed by atoms with van der Waals surface area (Å²) < 4.78 is 9.08. The predicted molar refractivity (Wildman–Crippen MR) is 101 cm³/mol. The third kappa shape index (κ3) is 3.32. The third-order valence-corrected chi connectivity index (χ3v) is 4.99. The topological polar surface area (TPSA) is 90.6 Å². The average Bonchev–Trinajstić information content (AvgIpc) is 3.28. The minimum Gasteiger partial charge on any atom is -0.381 e. The maximum Gasteiger partial charge on any atom is 0.248 e. The Kier molecular flexibility index (Phi) is 4.65. The van der Waals surface area contributed by atoms with Gasteiger partial charge in [0.1, 0.15) is 0 Å². The molecule has 0 atom stereocenters. The highest BCUT2D eigenvalue weighted by atomic mass is 16.5. The van der Waals surface area contributed by atoms with Crippen LogP contribution in [-0.4, -0.2) is 42.7 Å². The van der Waals surface area contributed by atoms with Crippen LogP contribution >= 0.6 is 0 Å². The van der Waals surface area contributed by atoms with Crippen LogP contribution in [0.2, 0.25) is 0 Å². The summed E-state index contributed by atoms with van der Waals surface area (Å²) in [6.07, 6.45) is 3.57. The van der Waals surface area contributed by atoms with E-state index in [2.05, 4.69) is 23.9 Å². The minimum absolute atomic E-state index is 0.112. The molecule has 0 radical (unpaired) electrons. The Morgan fingerprint density at radius 2 is 2.00 bits per heavy atom. The van der Waals surface area contributed by atoms with Crippen molar-refractivity contribution in [2.75, 3.05) is 13.2 Å². The molecule has 0 bridgehead atoms. The van der Waals surface area contributed by atoms with E-state index in [0.717, 1.165) is 54.8 Å². The monoisotopic (exact) mass is 368 g/mol. The number of aromatic nitrogens is 6. The first-order valence-corrected chi connectivity index (χ1v) is 9.31. The van der Waals surface area contributed by atoms with Crippen molar-refractivity contribution in [1.29, 1.82) is 0 Å². The van der Waals surface area contributed by atoms with Gasteiger partial charge < -0.3 is 9.72 Å². The maximum absolute atomic E-state index is 11.9. The zero-order chi connectivity index (χ0) is 19.0. The number of ether oxygens (including phenoxy) is 1. The quantitative estimate of drug-likeness (QED) is 0.763. The Morgan fingerprint density at radius 3 is 2.67 bits per heavy atom. The van der Waals surface area contributed by atoms with E-state index in [-0.39, 0.29) is 17.4 Å². The van der Waals surface area contributed by atoms with E-state index in [0.29, 0.717) is 0 Å². The van der Waals surface area contributed by atoms with Gasteiger partial charge in [-0.3, -0.25) is 9.48 Å². The normalized spacial score (nSPS) is 15.6. The molecule has 0 aromatic carbocycles. The van der Waals surface area contributed by atoms with Crippen LogP contribution in [0.15, 0.2) is 29.2 Å². The minimum atomic E-state index is -0.112. The van der Waals surface area contributed by atoms with Crippen LogP contribution in [0.25, 0.3) is 17.2 Å². The van der Waals surface area contributed by atoms with Crippen molar-refractivity contribution in [3.63, 3.8) is 0 Å². The van der Waals surface area contributed by atoms with Crippen LogP contribution in [0.4, 0.5) is 0 Å². The molecule has 4 rings (SSSR count). The van der Waals surface area contributed by atoms with Gasteiger partial charge >= 0.3 is 0 Å². The smallest absolute Gasteiger partial charge is 0.248 e. The molecule has 3 aromatic rings. The number of nitrogens with zero attached hydrogens (tertiary/aromatic N) is 5. The molecular formula is C19H24N6O2. The molecule has 0 unspecified atom stereocenters. The van der Waals surface area contributed by atoms with Crippen LogP contribution in [0.3, 0.4) is 0 Å². The first kappa shape index (κ1) is 17.7. The molecule has 0 amide bonds. The van der Waals surface area contributed by atoms with Crippen LogP contribution in [0.5, 0.6) is 0 Å². The highest BCUT2D eigenvalue weighted by Crippen LogP contribution is 2.31. The number of aromatic amines is 1. The van der Waals surface area contributed by atoms with E-state index in [1.807, 2.05) is 23.9 Å². The predicted octanol–water partition coefficient (Wildman–Crippen LogP) is 2.37. The van der Waals surface area contributed by atoms with Crippen LogP contribution < -0.4 is 5.56 Å². The lowest BCUT2D eigenvalue weighted by molar-refractivity contribution is 0.0836. The van der Waals surface area contributed by atoms with E-state index < -0.39 is 0 Å². The molecule has 1 aliphatic rings. The molecular weight excluding hydrogens is 344 g/mol. The molecule has 8 heteroatoms. The summed E-state index contributed by atoms with van der Waals surface area (Å²) in [5.41, 5.74) is 1.63. The molecule has 1 saturated heterocycles. The maximum atomic E-state index is 11.9. The lowest BCUT2D eigenvalue weighted by Gasteiger charge is -2.18. The molecule has 1 N–H and O–H groups in total. The third-order valence-electron chi connectivity index (χ3n) is 4.99. The Labute approximate surface area is 157 Å². The summed E-state index contributed by atoms with van der Waals surface area (Å²) in [5, 5.41) is 9.11. The second kappa shape index (κ2) is 7.11. The summed E-state index contributed by atoms with van der Waals surface area (Å²) in [4.78, 5) is 19.7. The number of H-pyrrole nitrogens is 1. The fourth-order valence-corrected chi connectivity index (χ4v) is 3.51. The molecule has 27 heavy (non-hydrogen) atoms. The molecule has 1 aliphatic heterocycles. The second-order valence-electron chi connectivity index (χ2n) is 7.21. The second-order valence-corrected chi connectivity index (χ2v) is 7.21. The van der Waals surface area contributed by atoms with Gasteiger partial charge in [0.05, 0.1) is 6.20 Å². The van der Waals surface area contributed by atoms with Gasteiger partial charge in [0.25, 0.3) is 0 Å². The van der Waals surface area contributed by atoms with Gasteiger partial charge in [-0.05, 0) is 24.8 Å². The number of hydrogen-bond acceptors (Lipinski definition) is 5. The number of rotatable bonds is 4. The van der Waals surface area contributed by atoms with Gasteiger partial charge in [-0.25, -0.2) is 4.98 Å². The summed E-state index contributed by atoms with van der Waals surface area (Å²) in [7, 11) is 1.88. The van der Waals surface area contributed by atoms with E-state index in [1.54, 1.807) is 10.9 Å². The lowest BCUT2D eigenvalue weighted by atomic mass is 10.00. The summed E-state index contributed by atoms with van der Waals surface area (Å²) in [5.74, 6) is 2.79. The van der Waals surface area contributed by atoms with Gasteiger partial charge in [-0.2, -0.15) is 9.78 Å². The SMILES string of the molecule is CC(C)c1[nH]c(=O)ccc1-c1nc(C2CCOCC2)nn1-c1ccnn1C. The molecule has 0 aliphatic carbocycles. The van der Waals surface area contributed by atoms with Crippen molar-refractivity contribution in [1.82, 2.24) is 29.5 Å². The molecule has 142 valence electrons. The highest BCUT2D eigenvalue weighted by molar-refractivity contribution is 5.61. The molecule has 0 saturated carbocycles. The first-order valence-electron chi connectivity index (χ1n) is 9.31. The fourth-order valence-electron chi connectivity index (χ4n) is 3.51. The largest absolute Gasteiger partial charge is 0.381 e. The van der Waals surface area contributed by atoms with Crippen molar-refractivity contribution < 1.29 is 4.74 Å². The van der Waals surface area contributed by atoms with E-state index >= 15 is 0 Å². The van der Waals surface area contributed by atoms with Gasteiger partial charge in [0.15, 0.2) is 17.5 Å². The Bertz CT molecular complexity index is 994. The van der Waals surface area contributed by atoms with Gasteiger partial charge in [0.2, 0.25) is 5.56 Å². The molecule has 8 nitrogen and oxygen atoms in total. The number of aryl methyl sites for hydroxylation is 1. The first-order chi connectivity index (χ1) is 13.0. The van der Waals surface area contributed by atoms with E-state index in [4.69, 9.17) is 14.8 Å².